The minimum Gasteiger partial charge on any atom is -0.381 e. The fourth-order valence-electron chi connectivity index (χ4n) is 3.57. The molecule has 190 valence electrons. The number of pyridine rings is 2. The highest BCUT2D eigenvalue weighted by molar-refractivity contribution is 5.30. The van der Waals surface area contributed by atoms with Gasteiger partial charge in [0.2, 0.25) is 0 Å². The highest BCUT2D eigenvalue weighted by Gasteiger charge is 2.44. The van der Waals surface area contributed by atoms with Gasteiger partial charge in [0.05, 0.1) is 5.56 Å². The molecule has 1 N–H and O–H groups in total. The van der Waals surface area contributed by atoms with Crippen LogP contribution in [0.5, 0.6) is 0 Å². The number of unbranched alkanes of at least 4 members (excludes halogenated alkanes) is 3. The van der Waals surface area contributed by atoms with Crippen molar-refractivity contribution in [2.24, 2.45) is 0 Å². The van der Waals surface area contributed by atoms with Crippen molar-refractivity contribution in [1.29, 1.82) is 0 Å². The van der Waals surface area contributed by atoms with Gasteiger partial charge in [0.25, 0.3) is 0 Å². The molecule has 0 saturated carbocycles. The third kappa shape index (κ3) is 9.58. The van der Waals surface area contributed by atoms with E-state index in [0.717, 1.165) is 37.6 Å². The molecule has 0 spiro atoms. The average Bonchev–Trinajstić information content (AvgIpc) is 2.79. The molecule has 0 unspecified atom stereocenters. The number of rotatable bonds is 14. The Labute approximate surface area is 196 Å². The molecule has 0 aliphatic carbocycles. The Balaban J connectivity index is 1.90. The Bertz CT molecular complexity index is 843. The molecule has 0 bridgehead atoms. The quantitative estimate of drug-likeness (QED) is 0.234. The van der Waals surface area contributed by atoms with E-state index in [9.17, 15) is 26.3 Å². The summed E-state index contributed by atoms with van der Waals surface area (Å²) in [4.78, 5) is 7.44. The zero-order chi connectivity index (χ0) is 25.0. The Kier molecular flexibility index (Phi) is 11.2. The third-order valence-corrected chi connectivity index (χ3v) is 5.38. The number of nitrogens with one attached hydrogen (secondary N) is 1. The SMILES string of the molecule is CCCCCCOCC[C@@H](CCNCc1cnc(C(F)(F)F)c(C(F)(F)F)c1)c1ccccn1. The van der Waals surface area contributed by atoms with Gasteiger partial charge in [0.15, 0.2) is 5.69 Å². The molecule has 0 amide bonds. The highest BCUT2D eigenvalue weighted by Crippen LogP contribution is 2.39. The van der Waals surface area contributed by atoms with Gasteiger partial charge in [-0.1, -0.05) is 32.3 Å². The summed E-state index contributed by atoms with van der Waals surface area (Å²) < 4.78 is 83.7. The molecule has 2 aromatic rings. The summed E-state index contributed by atoms with van der Waals surface area (Å²) in [5.41, 5.74) is -2.77. The smallest absolute Gasteiger partial charge is 0.381 e. The van der Waals surface area contributed by atoms with Gasteiger partial charge in [-0.15, -0.1) is 0 Å². The van der Waals surface area contributed by atoms with E-state index in [1.54, 1.807) is 6.20 Å². The van der Waals surface area contributed by atoms with Gasteiger partial charge in [-0.3, -0.25) is 9.97 Å². The first-order valence-electron chi connectivity index (χ1n) is 11.5. The zero-order valence-electron chi connectivity index (χ0n) is 19.2. The molecular formula is C24H31F6N3O. The Hall–Kier alpha value is -2.20. The molecule has 0 aliphatic heterocycles. The van der Waals surface area contributed by atoms with E-state index >= 15 is 0 Å². The first-order valence-corrected chi connectivity index (χ1v) is 11.5. The van der Waals surface area contributed by atoms with E-state index in [-0.39, 0.29) is 18.0 Å². The molecule has 10 heteroatoms. The summed E-state index contributed by atoms with van der Waals surface area (Å²) in [6.45, 7) is 3.84. The molecule has 0 saturated heterocycles. The van der Waals surface area contributed by atoms with Gasteiger partial charge in [0, 0.05) is 43.8 Å². The topological polar surface area (TPSA) is 47.0 Å². The summed E-state index contributed by atoms with van der Waals surface area (Å²) in [5, 5.41) is 3.01. The van der Waals surface area contributed by atoms with Crippen molar-refractivity contribution in [3.63, 3.8) is 0 Å². The van der Waals surface area contributed by atoms with E-state index in [1.807, 2.05) is 18.2 Å². The summed E-state index contributed by atoms with van der Waals surface area (Å²) in [6.07, 6.45) is -1.90. The minimum absolute atomic E-state index is 0.0307. The van der Waals surface area contributed by atoms with Crippen molar-refractivity contribution >= 4 is 0 Å². The van der Waals surface area contributed by atoms with E-state index in [4.69, 9.17) is 4.74 Å². The lowest BCUT2D eigenvalue weighted by atomic mass is 9.97. The molecule has 0 aromatic carbocycles. The minimum atomic E-state index is -5.18. The molecule has 1 atom stereocenters. The monoisotopic (exact) mass is 491 g/mol. The molecule has 0 aliphatic rings. The predicted octanol–water partition coefficient (Wildman–Crippen LogP) is 6.76. The normalized spacial score (nSPS) is 13.3. The summed E-state index contributed by atoms with van der Waals surface area (Å²) in [7, 11) is 0. The molecule has 34 heavy (non-hydrogen) atoms. The van der Waals surface area contributed by atoms with Crippen LogP contribution >= 0.6 is 0 Å². The van der Waals surface area contributed by atoms with Crippen LogP contribution in [-0.2, 0) is 23.6 Å². The second kappa shape index (κ2) is 13.6. The van der Waals surface area contributed by atoms with Gasteiger partial charge in [-0.25, -0.2) is 0 Å². The molecule has 2 heterocycles. The third-order valence-electron chi connectivity index (χ3n) is 5.38. The van der Waals surface area contributed by atoms with Crippen LogP contribution in [0, 0.1) is 0 Å². The highest BCUT2D eigenvalue weighted by atomic mass is 19.4. The molecule has 0 fully saturated rings. The van der Waals surface area contributed by atoms with Crippen LogP contribution in [-0.4, -0.2) is 29.7 Å². The molecule has 4 nitrogen and oxygen atoms in total. The average molecular weight is 492 g/mol. The number of aromatic nitrogens is 2. The van der Waals surface area contributed by atoms with E-state index in [1.165, 1.54) is 6.42 Å². The molecule has 0 radical (unpaired) electrons. The largest absolute Gasteiger partial charge is 0.433 e. The summed E-state index contributed by atoms with van der Waals surface area (Å²) in [6, 6.07) is 6.13. The fraction of sp³-hybridized carbons (Fsp3) is 0.583. The maximum absolute atomic E-state index is 13.1. The van der Waals surface area contributed by atoms with Crippen LogP contribution in [0.2, 0.25) is 0 Å². The zero-order valence-corrected chi connectivity index (χ0v) is 19.2. The lowest BCUT2D eigenvalue weighted by Crippen LogP contribution is -2.21. The van der Waals surface area contributed by atoms with Gasteiger partial charge < -0.3 is 10.1 Å². The van der Waals surface area contributed by atoms with Crippen LogP contribution in [0.15, 0.2) is 36.7 Å². The number of alkyl halides is 6. The van der Waals surface area contributed by atoms with Crippen LogP contribution in [0.4, 0.5) is 26.3 Å². The van der Waals surface area contributed by atoms with Crippen LogP contribution < -0.4 is 5.32 Å². The number of nitrogens with zero attached hydrogens (tertiary/aromatic N) is 2. The number of hydrogen-bond acceptors (Lipinski definition) is 4. The molecule has 2 aromatic heterocycles. The molecular weight excluding hydrogens is 460 g/mol. The number of ether oxygens (including phenoxy) is 1. The number of hydrogen-bond donors (Lipinski definition) is 1. The second-order valence-corrected chi connectivity index (χ2v) is 8.11. The summed E-state index contributed by atoms with van der Waals surface area (Å²) in [5.74, 6) is 0.0841. The van der Waals surface area contributed by atoms with Crippen molar-refractivity contribution in [2.75, 3.05) is 19.8 Å². The lowest BCUT2D eigenvalue weighted by Gasteiger charge is -2.18. The maximum atomic E-state index is 13.1. The second-order valence-electron chi connectivity index (χ2n) is 8.11. The van der Waals surface area contributed by atoms with Gasteiger partial charge in [0.1, 0.15) is 0 Å². The standard InChI is InChI=1S/C24H31F6N3O/c1-2-3-4-7-13-34-14-10-19(21-8-5-6-11-32-21)9-12-31-16-18-15-20(23(25,26)27)22(33-17-18)24(28,29)30/h5-6,8,11,15,17,19,31H,2-4,7,9-10,12-14,16H2,1H3/t19-/m1/s1. The van der Waals surface area contributed by atoms with Crippen molar-refractivity contribution in [3.8, 4) is 0 Å². The maximum Gasteiger partial charge on any atom is 0.433 e. The van der Waals surface area contributed by atoms with Crippen molar-refractivity contribution in [1.82, 2.24) is 15.3 Å². The Morgan fingerprint density at radius 2 is 1.74 bits per heavy atom. The van der Waals surface area contributed by atoms with Crippen LogP contribution in [0.3, 0.4) is 0 Å². The van der Waals surface area contributed by atoms with E-state index < -0.39 is 23.6 Å². The van der Waals surface area contributed by atoms with Crippen molar-refractivity contribution < 1.29 is 31.1 Å². The fourth-order valence-corrected chi connectivity index (χ4v) is 3.57. The van der Waals surface area contributed by atoms with Crippen molar-refractivity contribution in [3.05, 3.63) is 59.2 Å². The molecule has 2 rings (SSSR count). The van der Waals surface area contributed by atoms with E-state index in [2.05, 4.69) is 22.2 Å². The first kappa shape index (κ1) is 28.0. The lowest BCUT2D eigenvalue weighted by molar-refractivity contribution is -0.164. The van der Waals surface area contributed by atoms with Crippen molar-refractivity contribution in [2.45, 2.75) is 70.3 Å². The first-order chi connectivity index (χ1) is 16.1. The Morgan fingerprint density at radius 1 is 0.941 bits per heavy atom. The van der Waals surface area contributed by atoms with E-state index in [0.29, 0.717) is 32.2 Å². The van der Waals surface area contributed by atoms with Gasteiger partial charge in [-0.05, 0) is 49.6 Å². The van der Waals surface area contributed by atoms with Crippen LogP contribution in [0.1, 0.15) is 73.9 Å². The Morgan fingerprint density at radius 3 is 2.38 bits per heavy atom. The van der Waals surface area contributed by atoms with Crippen LogP contribution in [0.25, 0.3) is 0 Å². The van der Waals surface area contributed by atoms with Gasteiger partial charge >= 0.3 is 12.4 Å². The summed E-state index contributed by atoms with van der Waals surface area (Å²) >= 11 is 0. The number of halogens is 6. The predicted molar refractivity (Wildman–Crippen MR) is 117 cm³/mol. The van der Waals surface area contributed by atoms with Gasteiger partial charge in [-0.2, -0.15) is 26.3 Å².